The lowest BCUT2D eigenvalue weighted by atomic mass is 10.1. The maximum atomic E-state index is 5.81. The zero-order valence-electron chi connectivity index (χ0n) is 8.37. The molecule has 0 saturated heterocycles. The summed E-state index contributed by atoms with van der Waals surface area (Å²) in [5.74, 6) is 0.718. The molecule has 0 aliphatic carbocycles. The van der Waals surface area contributed by atoms with Gasteiger partial charge in [0.25, 0.3) is 0 Å². The van der Waals surface area contributed by atoms with Crippen LogP contribution in [-0.4, -0.2) is 11.4 Å². The lowest BCUT2D eigenvalue weighted by Crippen LogP contribution is -2.21. The first-order valence-electron chi connectivity index (χ1n) is 4.34. The Kier molecular flexibility index (Phi) is 3.09. The van der Waals surface area contributed by atoms with Gasteiger partial charge in [0.05, 0.1) is 11.4 Å². The van der Waals surface area contributed by atoms with Crippen molar-refractivity contribution in [3.8, 4) is 0 Å². The first-order chi connectivity index (χ1) is 5.97. The Balaban J connectivity index is 2.61. The van der Waals surface area contributed by atoms with E-state index in [1.807, 2.05) is 26.8 Å². The Labute approximate surface area is 83.5 Å². The van der Waals surface area contributed by atoms with Crippen molar-refractivity contribution >= 4 is 17.2 Å². The van der Waals surface area contributed by atoms with Gasteiger partial charge in [0.15, 0.2) is 0 Å². The van der Waals surface area contributed by atoms with Gasteiger partial charge in [-0.05, 0) is 32.2 Å². The second-order valence-electron chi connectivity index (χ2n) is 4.03. The van der Waals surface area contributed by atoms with Gasteiger partial charge in [0.2, 0.25) is 0 Å². The summed E-state index contributed by atoms with van der Waals surface area (Å²) in [6, 6.07) is 4.11. The summed E-state index contributed by atoms with van der Waals surface area (Å²) < 4.78 is 0. The zero-order chi connectivity index (χ0) is 9.90. The number of nitrogens with zero attached hydrogens (tertiary/aromatic N) is 1. The lowest BCUT2D eigenvalue weighted by molar-refractivity contribution is 0.581. The van der Waals surface area contributed by atoms with Gasteiger partial charge < -0.3 is 5.73 Å². The van der Waals surface area contributed by atoms with E-state index in [1.165, 1.54) is 4.88 Å². The average Bonchev–Trinajstić information content (AvgIpc) is 2.34. The Morgan fingerprint density at radius 1 is 1.54 bits per heavy atom. The topological polar surface area (TPSA) is 38.4 Å². The largest absolute Gasteiger partial charge is 0.387 e. The van der Waals surface area contributed by atoms with Crippen molar-refractivity contribution in [1.29, 1.82) is 0 Å². The van der Waals surface area contributed by atoms with Crippen LogP contribution in [0.5, 0.6) is 0 Å². The maximum Gasteiger partial charge on any atom is 0.0996 e. The zero-order valence-corrected chi connectivity index (χ0v) is 9.19. The molecule has 13 heavy (non-hydrogen) atoms. The number of amidine groups is 1. The Bertz CT molecular complexity index is 280. The number of aliphatic imine (C=N–C) groups is 1. The number of thiophene rings is 1. The average molecular weight is 196 g/mol. The van der Waals surface area contributed by atoms with Crippen LogP contribution in [0.25, 0.3) is 0 Å². The molecule has 0 atom stereocenters. The van der Waals surface area contributed by atoms with Crippen LogP contribution in [0.3, 0.4) is 0 Å². The highest BCUT2D eigenvalue weighted by molar-refractivity contribution is 7.10. The molecule has 0 aliphatic heterocycles. The molecule has 2 nitrogen and oxygen atoms in total. The van der Waals surface area contributed by atoms with Crippen molar-refractivity contribution in [3.05, 3.63) is 22.4 Å². The van der Waals surface area contributed by atoms with Gasteiger partial charge in [-0.15, -0.1) is 11.3 Å². The van der Waals surface area contributed by atoms with Crippen LogP contribution in [0.4, 0.5) is 0 Å². The highest BCUT2D eigenvalue weighted by atomic mass is 32.1. The number of rotatable bonds is 2. The fraction of sp³-hybridized carbons (Fsp3) is 0.500. The molecule has 0 bridgehead atoms. The molecule has 0 fully saturated rings. The quantitative estimate of drug-likeness (QED) is 0.572. The SMILES string of the molecule is CC(C)(C)N=C(N)Cc1cccs1. The minimum atomic E-state index is -0.0681. The van der Waals surface area contributed by atoms with Crippen molar-refractivity contribution in [1.82, 2.24) is 0 Å². The molecule has 0 amide bonds. The van der Waals surface area contributed by atoms with Crippen molar-refractivity contribution < 1.29 is 0 Å². The van der Waals surface area contributed by atoms with Gasteiger partial charge in [-0.2, -0.15) is 0 Å². The fourth-order valence-electron chi connectivity index (χ4n) is 1.06. The predicted octanol–water partition coefficient (Wildman–Crippen LogP) is 2.45. The van der Waals surface area contributed by atoms with Gasteiger partial charge in [-0.1, -0.05) is 6.07 Å². The minimum absolute atomic E-state index is 0.0681. The summed E-state index contributed by atoms with van der Waals surface area (Å²) in [4.78, 5) is 5.65. The molecule has 0 saturated carbocycles. The van der Waals surface area contributed by atoms with Crippen LogP contribution in [-0.2, 0) is 6.42 Å². The summed E-state index contributed by atoms with van der Waals surface area (Å²) in [6.45, 7) is 6.15. The van der Waals surface area contributed by atoms with E-state index in [0.717, 1.165) is 12.3 Å². The lowest BCUT2D eigenvalue weighted by Gasteiger charge is -2.13. The number of hydrogen-bond donors (Lipinski definition) is 1. The van der Waals surface area contributed by atoms with E-state index in [-0.39, 0.29) is 5.54 Å². The normalized spacial score (nSPS) is 13.3. The van der Waals surface area contributed by atoms with E-state index >= 15 is 0 Å². The van der Waals surface area contributed by atoms with E-state index in [9.17, 15) is 0 Å². The van der Waals surface area contributed by atoms with E-state index in [2.05, 4.69) is 16.4 Å². The third-order valence-corrected chi connectivity index (χ3v) is 2.29. The summed E-state index contributed by atoms with van der Waals surface area (Å²) in [5.41, 5.74) is 5.74. The molecule has 0 unspecified atom stereocenters. The monoisotopic (exact) mass is 196 g/mol. The molecule has 0 aliphatic rings. The molecule has 0 aromatic carbocycles. The van der Waals surface area contributed by atoms with Crippen LogP contribution in [0.2, 0.25) is 0 Å². The second-order valence-corrected chi connectivity index (χ2v) is 5.06. The van der Waals surface area contributed by atoms with E-state index in [4.69, 9.17) is 5.73 Å². The van der Waals surface area contributed by atoms with Crippen molar-refractivity contribution in [2.24, 2.45) is 10.7 Å². The van der Waals surface area contributed by atoms with Crippen LogP contribution < -0.4 is 5.73 Å². The van der Waals surface area contributed by atoms with Crippen molar-refractivity contribution in [2.75, 3.05) is 0 Å². The van der Waals surface area contributed by atoms with E-state index < -0.39 is 0 Å². The summed E-state index contributed by atoms with van der Waals surface area (Å²) >= 11 is 1.72. The molecule has 72 valence electrons. The third-order valence-electron chi connectivity index (χ3n) is 1.41. The smallest absolute Gasteiger partial charge is 0.0996 e. The molecule has 1 aromatic rings. The predicted molar refractivity (Wildman–Crippen MR) is 59.4 cm³/mol. The Morgan fingerprint density at radius 3 is 2.69 bits per heavy atom. The van der Waals surface area contributed by atoms with Crippen LogP contribution in [0.1, 0.15) is 25.6 Å². The minimum Gasteiger partial charge on any atom is -0.387 e. The fourth-order valence-corrected chi connectivity index (χ4v) is 1.78. The molecule has 1 aromatic heterocycles. The maximum absolute atomic E-state index is 5.81. The molecular formula is C10H16N2S. The van der Waals surface area contributed by atoms with Crippen LogP contribution in [0.15, 0.2) is 22.5 Å². The first-order valence-corrected chi connectivity index (χ1v) is 5.22. The van der Waals surface area contributed by atoms with Gasteiger partial charge >= 0.3 is 0 Å². The van der Waals surface area contributed by atoms with Gasteiger partial charge in [0.1, 0.15) is 0 Å². The van der Waals surface area contributed by atoms with Crippen molar-refractivity contribution in [2.45, 2.75) is 32.7 Å². The van der Waals surface area contributed by atoms with E-state index in [0.29, 0.717) is 0 Å². The summed E-state index contributed by atoms with van der Waals surface area (Å²) in [7, 11) is 0. The molecule has 1 heterocycles. The number of hydrogen-bond acceptors (Lipinski definition) is 2. The number of nitrogens with two attached hydrogens (primary N) is 1. The summed E-state index contributed by atoms with van der Waals surface area (Å²) in [5, 5.41) is 2.06. The third kappa shape index (κ3) is 4.08. The summed E-state index contributed by atoms with van der Waals surface area (Å²) in [6.07, 6.45) is 0.773. The molecule has 0 spiro atoms. The van der Waals surface area contributed by atoms with Gasteiger partial charge in [0, 0.05) is 11.3 Å². The molecule has 0 radical (unpaired) electrons. The van der Waals surface area contributed by atoms with Gasteiger partial charge in [-0.3, -0.25) is 4.99 Å². The Morgan fingerprint density at radius 2 is 2.23 bits per heavy atom. The van der Waals surface area contributed by atoms with Gasteiger partial charge in [-0.25, -0.2) is 0 Å². The highest BCUT2D eigenvalue weighted by Crippen LogP contribution is 2.11. The molecule has 3 heteroatoms. The van der Waals surface area contributed by atoms with Crippen molar-refractivity contribution in [3.63, 3.8) is 0 Å². The Hall–Kier alpha value is -0.830. The highest BCUT2D eigenvalue weighted by Gasteiger charge is 2.08. The first kappa shape index (κ1) is 10.3. The van der Waals surface area contributed by atoms with Crippen LogP contribution >= 0.6 is 11.3 Å². The van der Waals surface area contributed by atoms with E-state index in [1.54, 1.807) is 11.3 Å². The standard InChI is InChI=1S/C10H16N2S/c1-10(2,3)12-9(11)7-8-5-4-6-13-8/h4-6H,7H2,1-3H3,(H2,11,12). The molecule has 2 N–H and O–H groups in total. The molecule has 1 rings (SSSR count). The second kappa shape index (κ2) is 3.92. The van der Waals surface area contributed by atoms with Crippen LogP contribution in [0, 0.1) is 0 Å². The molecular weight excluding hydrogens is 180 g/mol.